The molecular formula is C12H19NO5S. The molecule has 0 radical (unpaired) electrons. The van der Waals surface area contributed by atoms with Gasteiger partial charge in [0.1, 0.15) is 6.54 Å². The van der Waals surface area contributed by atoms with Crippen molar-refractivity contribution in [1.29, 1.82) is 0 Å². The number of rotatable bonds is 6. The van der Waals surface area contributed by atoms with Crippen LogP contribution in [0.2, 0.25) is 0 Å². The molecule has 0 aliphatic heterocycles. The second-order valence-corrected chi connectivity index (χ2v) is 6.78. The number of nitrogens with zero attached hydrogens (tertiary/aromatic N) is 1. The van der Waals surface area contributed by atoms with Gasteiger partial charge in [-0.25, -0.2) is 8.42 Å². The van der Waals surface area contributed by atoms with Crippen LogP contribution in [-0.4, -0.2) is 54.1 Å². The largest absolute Gasteiger partial charge is 0.748 e. The molecule has 1 rings (SSSR count). The van der Waals surface area contributed by atoms with Crippen LogP contribution in [0.5, 0.6) is 11.5 Å². The molecule has 2 N–H and O–H groups in total. The lowest BCUT2D eigenvalue weighted by molar-refractivity contribution is -0.903. The summed E-state index contributed by atoms with van der Waals surface area (Å²) in [4.78, 5) is 0. The van der Waals surface area contributed by atoms with Crippen LogP contribution in [0.15, 0.2) is 18.2 Å². The first-order valence-electron chi connectivity index (χ1n) is 5.85. The van der Waals surface area contributed by atoms with E-state index in [0.29, 0.717) is 24.0 Å². The van der Waals surface area contributed by atoms with Crippen LogP contribution in [-0.2, 0) is 16.7 Å². The second-order valence-electron chi connectivity index (χ2n) is 5.26. The van der Waals surface area contributed by atoms with E-state index in [1.807, 2.05) is 14.1 Å². The van der Waals surface area contributed by atoms with E-state index in [-0.39, 0.29) is 17.3 Å². The lowest BCUT2D eigenvalue weighted by Crippen LogP contribution is -2.40. The molecule has 0 aliphatic rings. The van der Waals surface area contributed by atoms with Gasteiger partial charge in [0.15, 0.2) is 11.5 Å². The quantitative estimate of drug-likeness (QED) is 0.454. The smallest absolute Gasteiger partial charge is 0.157 e. The van der Waals surface area contributed by atoms with Gasteiger partial charge in [0, 0.05) is 17.7 Å². The predicted octanol–water partition coefficient (Wildman–Crippen LogP) is 0.609. The molecule has 0 saturated heterocycles. The fraction of sp³-hybridized carbons (Fsp3) is 0.500. The van der Waals surface area contributed by atoms with Crippen LogP contribution < -0.4 is 0 Å². The number of hydrogen-bond donors (Lipinski definition) is 2. The van der Waals surface area contributed by atoms with Gasteiger partial charge in [0.2, 0.25) is 0 Å². The number of hydrogen-bond acceptors (Lipinski definition) is 5. The van der Waals surface area contributed by atoms with Crippen molar-refractivity contribution in [1.82, 2.24) is 0 Å². The first-order valence-corrected chi connectivity index (χ1v) is 7.43. The van der Waals surface area contributed by atoms with Crippen molar-refractivity contribution in [2.45, 2.75) is 13.0 Å². The van der Waals surface area contributed by atoms with E-state index in [0.717, 1.165) is 5.56 Å². The van der Waals surface area contributed by atoms with Crippen molar-refractivity contribution < 1.29 is 27.7 Å². The fourth-order valence-electron chi connectivity index (χ4n) is 1.91. The van der Waals surface area contributed by atoms with E-state index in [2.05, 4.69) is 0 Å². The molecule has 0 fully saturated rings. The van der Waals surface area contributed by atoms with Crippen molar-refractivity contribution in [3.63, 3.8) is 0 Å². The number of benzene rings is 1. The molecule has 0 aromatic heterocycles. The first-order chi connectivity index (χ1) is 8.59. The number of phenolic OH excluding ortho intramolecular Hbond substituents is 2. The van der Waals surface area contributed by atoms with Crippen molar-refractivity contribution in [2.24, 2.45) is 0 Å². The predicted molar refractivity (Wildman–Crippen MR) is 69.6 cm³/mol. The van der Waals surface area contributed by atoms with Crippen LogP contribution in [0.1, 0.15) is 12.0 Å². The van der Waals surface area contributed by atoms with Crippen LogP contribution >= 0.6 is 0 Å². The first kappa shape index (κ1) is 15.7. The van der Waals surface area contributed by atoms with Crippen molar-refractivity contribution in [3.8, 4) is 11.5 Å². The summed E-state index contributed by atoms with van der Waals surface area (Å²) in [5.74, 6) is -0.721. The van der Waals surface area contributed by atoms with Crippen molar-refractivity contribution >= 4 is 10.1 Å². The van der Waals surface area contributed by atoms with Crippen LogP contribution in [0, 0.1) is 0 Å². The van der Waals surface area contributed by atoms with E-state index in [1.54, 1.807) is 6.07 Å². The summed E-state index contributed by atoms with van der Waals surface area (Å²) in [7, 11) is -0.357. The molecule has 6 nitrogen and oxygen atoms in total. The SMILES string of the molecule is C[N+](C)(CCCS(=O)(=O)[O-])Cc1ccc(O)c(O)c1. The highest BCUT2D eigenvalue weighted by atomic mass is 32.2. The van der Waals surface area contributed by atoms with Crippen LogP contribution in [0.4, 0.5) is 0 Å². The highest BCUT2D eigenvalue weighted by Crippen LogP contribution is 2.26. The Morgan fingerprint density at radius 1 is 1.21 bits per heavy atom. The van der Waals surface area contributed by atoms with Crippen molar-refractivity contribution in [3.05, 3.63) is 23.8 Å². The molecule has 0 saturated carbocycles. The topological polar surface area (TPSA) is 97.7 Å². The van der Waals surface area contributed by atoms with Gasteiger partial charge in [0.25, 0.3) is 0 Å². The number of aromatic hydroxyl groups is 2. The molecule has 0 amide bonds. The molecule has 1 aromatic carbocycles. The monoisotopic (exact) mass is 289 g/mol. The lowest BCUT2D eigenvalue weighted by atomic mass is 10.1. The van der Waals surface area contributed by atoms with E-state index < -0.39 is 10.1 Å². The van der Waals surface area contributed by atoms with E-state index in [4.69, 9.17) is 0 Å². The fourth-order valence-corrected chi connectivity index (χ4v) is 2.39. The molecule has 0 heterocycles. The Hall–Kier alpha value is -1.31. The summed E-state index contributed by atoms with van der Waals surface area (Å²) < 4.78 is 32.1. The average Bonchev–Trinajstić information content (AvgIpc) is 2.20. The lowest BCUT2D eigenvalue weighted by Gasteiger charge is -2.30. The van der Waals surface area contributed by atoms with Gasteiger partial charge in [-0.15, -0.1) is 0 Å². The van der Waals surface area contributed by atoms with E-state index in [9.17, 15) is 23.2 Å². The standard InChI is InChI=1S/C12H19NO5S/c1-13(2,6-3-7-19(16,17)18)9-10-4-5-11(14)12(15)8-10/h4-5,8H,3,6-7,9H2,1-2H3,(H2-,14,15,16,17,18). The molecule has 7 heteroatoms. The van der Waals surface area contributed by atoms with Crippen LogP contribution in [0.3, 0.4) is 0 Å². The van der Waals surface area contributed by atoms with Gasteiger partial charge in [-0.05, 0) is 18.2 Å². The minimum Gasteiger partial charge on any atom is -0.748 e. The Bertz CT molecular complexity index is 539. The average molecular weight is 289 g/mol. The maximum Gasteiger partial charge on any atom is 0.157 e. The summed E-state index contributed by atoms with van der Waals surface area (Å²) in [5, 5.41) is 18.6. The van der Waals surface area contributed by atoms with Crippen molar-refractivity contribution in [2.75, 3.05) is 26.4 Å². The molecule has 19 heavy (non-hydrogen) atoms. The zero-order valence-electron chi connectivity index (χ0n) is 11.0. The zero-order valence-corrected chi connectivity index (χ0v) is 11.9. The minimum atomic E-state index is -4.16. The summed E-state index contributed by atoms with van der Waals surface area (Å²) in [5.41, 5.74) is 0.824. The van der Waals surface area contributed by atoms with Gasteiger partial charge in [0.05, 0.1) is 30.8 Å². The highest BCUT2D eigenvalue weighted by Gasteiger charge is 2.17. The molecule has 0 spiro atoms. The molecule has 0 unspecified atom stereocenters. The third-order valence-corrected chi connectivity index (χ3v) is 3.60. The van der Waals surface area contributed by atoms with Gasteiger partial charge in [-0.3, -0.25) is 0 Å². The Morgan fingerprint density at radius 2 is 1.84 bits per heavy atom. The summed E-state index contributed by atoms with van der Waals surface area (Å²) >= 11 is 0. The van der Waals surface area contributed by atoms with E-state index >= 15 is 0 Å². The van der Waals surface area contributed by atoms with Crippen LogP contribution in [0.25, 0.3) is 0 Å². The summed E-state index contributed by atoms with van der Waals surface area (Å²) in [6.07, 6.45) is 0.295. The Morgan fingerprint density at radius 3 is 2.37 bits per heavy atom. The second kappa shape index (κ2) is 5.77. The maximum atomic E-state index is 10.5. The normalized spacial score (nSPS) is 12.6. The molecule has 0 atom stereocenters. The van der Waals surface area contributed by atoms with Gasteiger partial charge >= 0.3 is 0 Å². The molecule has 1 aromatic rings. The third kappa shape index (κ3) is 5.91. The summed E-state index contributed by atoms with van der Waals surface area (Å²) in [6, 6.07) is 4.58. The molecule has 108 valence electrons. The summed E-state index contributed by atoms with van der Waals surface area (Å²) in [6.45, 7) is 1.09. The number of phenols is 2. The van der Waals surface area contributed by atoms with Gasteiger partial charge in [-0.1, -0.05) is 0 Å². The Kier molecular flexibility index (Phi) is 4.78. The van der Waals surface area contributed by atoms with Gasteiger partial charge in [-0.2, -0.15) is 0 Å². The molecule has 0 aliphatic carbocycles. The third-order valence-electron chi connectivity index (χ3n) is 2.81. The molecule has 0 bridgehead atoms. The van der Waals surface area contributed by atoms with Gasteiger partial charge < -0.3 is 19.2 Å². The minimum absolute atomic E-state index is 0.175. The van der Waals surface area contributed by atoms with E-state index in [1.165, 1.54) is 12.1 Å². The Balaban J connectivity index is 2.60. The molecular weight excluding hydrogens is 270 g/mol. The Labute approximate surface area is 113 Å². The highest BCUT2D eigenvalue weighted by molar-refractivity contribution is 7.85. The maximum absolute atomic E-state index is 10.5. The number of quaternary nitrogens is 1. The zero-order chi connectivity index (χ0) is 14.7.